The minimum atomic E-state index is -1.32. The molecule has 1 saturated heterocycles. The minimum absolute atomic E-state index is 0.0674. The van der Waals surface area contributed by atoms with Crippen LogP contribution in [0.4, 0.5) is 4.79 Å². The smallest absolute Gasteiger partial charge is 0.350 e. The molecule has 27 heavy (non-hydrogen) atoms. The van der Waals surface area contributed by atoms with Gasteiger partial charge in [0.1, 0.15) is 5.56 Å². The van der Waals surface area contributed by atoms with E-state index in [1.54, 1.807) is 4.90 Å². The van der Waals surface area contributed by atoms with E-state index in [1.165, 1.54) is 17.9 Å². The lowest BCUT2D eigenvalue weighted by Crippen LogP contribution is -2.61. The van der Waals surface area contributed by atoms with Crippen LogP contribution in [-0.2, 0) is 16.0 Å². The van der Waals surface area contributed by atoms with Crippen LogP contribution in [0.3, 0.4) is 0 Å². The Labute approximate surface area is 154 Å². The van der Waals surface area contributed by atoms with Crippen molar-refractivity contribution < 1.29 is 28.6 Å². The molecule has 0 N–H and O–H groups in total. The van der Waals surface area contributed by atoms with Gasteiger partial charge in [0.05, 0.1) is 19.8 Å². The summed E-state index contributed by atoms with van der Waals surface area (Å²) in [5, 5.41) is 0. The molecule has 0 aromatic carbocycles. The zero-order valence-electron chi connectivity index (χ0n) is 14.5. The summed E-state index contributed by atoms with van der Waals surface area (Å²) in [5.41, 5.74) is -1.12. The van der Waals surface area contributed by atoms with Gasteiger partial charge in [0, 0.05) is 17.7 Å². The second-order valence-corrected chi connectivity index (χ2v) is 7.40. The van der Waals surface area contributed by atoms with Crippen molar-refractivity contribution in [2.24, 2.45) is 5.41 Å². The number of ether oxygens (including phenoxy) is 3. The molecule has 1 aromatic heterocycles. The quantitative estimate of drug-likeness (QED) is 0.411. The molecular formula is C17H15BN2O7. The van der Waals surface area contributed by atoms with Gasteiger partial charge < -0.3 is 23.7 Å². The van der Waals surface area contributed by atoms with Crippen LogP contribution >= 0.6 is 0 Å². The highest BCUT2D eigenvalue weighted by Crippen LogP contribution is 2.67. The van der Waals surface area contributed by atoms with Crippen LogP contribution in [0.15, 0.2) is 11.0 Å². The second-order valence-electron chi connectivity index (χ2n) is 7.40. The number of carbonyl (C=O) groups is 3. The zero-order chi connectivity index (χ0) is 19.1. The maximum atomic E-state index is 13.2. The summed E-state index contributed by atoms with van der Waals surface area (Å²) in [4.78, 5) is 50.4. The topological polar surface area (TPSA) is 104 Å². The molecule has 4 atom stereocenters. The number of amides is 1. The molecule has 2 radical (unpaired) electrons. The Hall–Kier alpha value is -2.62. The maximum absolute atomic E-state index is 13.2. The van der Waals surface area contributed by atoms with Gasteiger partial charge in [0.25, 0.3) is 5.91 Å². The molecule has 3 heterocycles. The predicted molar refractivity (Wildman–Crippen MR) is 88.7 cm³/mol. The lowest BCUT2D eigenvalue weighted by Gasteiger charge is -2.51. The van der Waals surface area contributed by atoms with Gasteiger partial charge in [0.2, 0.25) is 19.1 Å². The van der Waals surface area contributed by atoms with Gasteiger partial charge in [-0.05, 0) is 19.3 Å². The molecule has 2 saturated carbocycles. The molecule has 4 aliphatic rings. The standard InChI is InChI=1S/C17H15BN2O7/c1-25-13-11-14(22)20-8-4-17(8)3-2-9(17)26-10(20)6-19(11)5-7(12(13)21)15(23)27-16(18)24/h5,8-10H,2-4,6H2,1H3/t8-,9-,10-,17?/m1/s1. The minimum Gasteiger partial charge on any atom is -0.491 e. The summed E-state index contributed by atoms with van der Waals surface area (Å²) in [6.07, 6.45) is 3.81. The number of fused-ring (bicyclic) bond motifs is 3. The molecule has 138 valence electrons. The highest BCUT2D eigenvalue weighted by atomic mass is 16.6. The van der Waals surface area contributed by atoms with E-state index in [1.807, 2.05) is 0 Å². The molecule has 1 spiro atoms. The number of pyridine rings is 1. The summed E-state index contributed by atoms with van der Waals surface area (Å²) in [7, 11) is 6.09. The molecule has 9 nitrogen and oxygen atoms in total. The van der Waals surface area contributed by atoms with Gasteiger partial charge in [-0.1, -0.05) is 0 Å². The fourth-order valence-corrected chi connectivity index (χ4v) is 4.76. The van der Waals surface area contributed by atoms with Gasteiger partial charge in [-0.3, -0.25) is 14.4 Å². The van der Waals surface area contributed by atoms with Crippen molar-refractivity contribution >= 4 is 25.6 Å². The third-order valence-electron chi connectivity index (χ3n) is 6.20. The molecular weight excluding hydrogens is 355 g/mol. The summed E-state index contributed by atoms with van der Waals surface area (Å²) in [6, 6.07) is 0.121. The molecule has 10 heteroatoms. The van der Waals surface area contributed by atoms with Crippen molar-refractivity contribution in [3.05, 3.63) is 27.7 Å². The van der Waals surface area contributed by atoms with Crippen LogP contribution in [0.25, 0.3) is 0 Å². The average Bonchev–Trinajstić information content (AvgIpc) is 3.36. The van der Waals surface area contributed by atoms with Crippen molar-refractivity contribution in [2.45, 2.75) is 44.2 Å². The van der Waals surface area contributed by atoms with E-state index in [4.69, 9.17) is 17.3 Å². The molecule has 0 bridgehead atoms. The second kappa shape index (κ2) is 5.22. The first-order valence-corrected chi connectivity index (χ1v) is 8.68. The molecule has 3 fully saturated rings. The number of esters is 1. The number of hydrogen-bond acceptors (Lipinski definition) is 7. The molecule has 1 amide bonds. The fourth-order valence-electron chi connectivity index (χ4n) is 4.76. The monoisotopic (exact) mass is 370 g/mol. The first-order chi connectivity index (χ1) is 12.9. The Morgan fingerprint density at radius 3 is 2.78 bits per heavy atom. The van der Waals surface area contributed by atoms with Crippen molar-refractivity contribution in [2.75, 3.05) is 7.11 Å². The van der Waals surface area contributed by atoms with Gasteiger partial charge in [0.15, 0.2) is 17.7 Å². The molecule has 2 aliphatic carbocycles. The Morgan fingerprint density at radius 1 is 1.37 bits per heavy atom. The van der Waals surface area contributed by atoms with Crippen molar-refractivity contribution in [3.63, 3.8) is 0 Å². The Kier molecular flexibility index (Phi) is 3.20. The van der Waals surface area contributed by atoms with Crippen LogP contribution in [0.2, 0.25) is 0 Å². The summed E-state index contributed by atoms with van der Waals surface area (Å²) in [6.45, 7) is 0.248. The maximum Gasteiger partial charge on any atom is 0.350 e. The number of aromatic nitrogens is 1. The number of carbonyl (C=O) groups excluding carboxylic acids is 3. The Morgan fingerprint density at radius 2 is 2.15 bits per heavy atom. The van der Waals surface area contributed by atoms with E-state index in [0.717, 1.165) is 19.3 Å². The van der Waals surface area contributed by atoms with Crippen molar-refractivity contribution in [1.29, 1.82) is 0 Å². The first kappa shape index (κ1) is 16.6. The molecule has 2 aliphatic heterocycles. The third kappa shape index (κ3) is 2.04. The number of rotatable bonds is 2. The van der Waals surface area contributed by atoms with Crippen molar-refractivity contribution in [1.82, 2.24) is 9.47 Å². The van der Waals surface area contributed by atoms with E-state index >= 15 is 0 Å². The lowest BCUT2D eigenvalue weighted by atomic mass is 9.76. The summed E-state index contributed by atoms with van der Waals surface area (Å²) < 4.78 is 17.0. The van der Waals surface area contributed by atoms with E-state index in [2.05, 4.69) is 4.74 Å². The van der Waals surface area contributed by atoms with Crippen molar-refractivity contribution in [3.8, 4) is 5.75 Å². The average molecular weight is 370 g/mol. The molecule has 1 unspecified atom stereocenters. The number of methoxy groups -OCH3 is 1. The van der Waals surface area contributed by atoms with E-state index in [9.17, 15) is 19.2 Å². The predicted octanol–water partition coefficient (Wildman–Crippen LogP) is 0.0354. The van der Waals surface area contributed by atoms with E-state index in [-0.39, 0.29) is 41.5 Å². The van der Waals surface area contributed by atoms with Crippen LogP contribution in [-0.4, -0.2) is 60.5 Å². The summed E-state index contributed by atoms with van der Waals surface area (Å²) in [5.74, 6) is -3.14. The highest BCUT2D eigenvalue weighted by Gasteiger charge is 2.72. The van der Waals surface area contributed by atoms with Gasteiger partial charge in [-0.2, -0.15) is 0 Å². The van der Waals surface area contributed by atoms with E-state index in [0.29, 0.717) is 0 Å². The SMILES string of the molecule is [B]C(=O)OC(=O)c1cn2c(c(OC)c1=O)C(=O)N1[C@@H](C2)O[C@@H]2CCC23C[C@@H]13. The number of hydrogen-bond donors (Lipinski definition) is 0. The fraction of sp³-hybridized carbons (Fsp3) is 0.529. The third-order valence-corrected chi connectivity index (χ3v) is 6.20. The Balaban J connectivity index is 1.60. The zero-order valence-corrected chi connectivity index (χ0v) is 14.5. The van der Waals surface area contributed by atoms with Gasteiger partial charge in [-0.25, -0.2) is 4.79 Å². The van der Waals surface area contributed by atoms with Crippen LogP contribution in [0.5, 0.6) is 5.75 Å². The number of nitrogens with zero attached hydrogens (tertiary/aromatic N) is 2. The van der Waals surface area contributed by atoms with Gasteiger partial charge >= 0.3 is 5.97 Å². The lowest BCUT2D eigenvalue weighted by molar-refractivity contribution is -0.196. The summed E-state index contributed by atoms with van der Waals surface area (Å²) >= 11 is 0. The van der Waals surface area contributed by atoms with Crippen LogP contribution in [0.1, 0.15) is 40.1 Å². The molecule has 5 rings (SSSR count). The van der Waals surface area contributed by atoms with Crippen LogP contribution < -0.4 is 10.2 Å². The Bertz CT molecular complexity index is 973. The van der Waals surface area contributed by atoms with Gasteiger partial charge in [-0.15, -0.1) is 0 Å². The largest absolute Gasteiger partial charge is 0.491 e. The highest BCUT2D eigenvalue weighted by molar-refractivity contribution is 6.56. The van der Waals surface area contributed by atoms with E-state index < -0.39 is 29.1 Å². The molecule has 1 aromatic rings. The van der Waals surface area contributed by atoms with Crippen LogP contribution in [0, 0.1) is 5.41 Å². The normalized spacial score (nSPS) is 32.3. The first-order valence-electron chi connectivity index (χ1n) is 8.68.